The van der Waals surface area contributed by atoms with Gasteiger partial charge in [-0.1, -0.05) is 0 Å². The second-order valence-electron chi connectivity index (χ2n) is 31.7. The van der Waals surface area contributed by atoms with E-state index in [9.17, 15) is 43.2 Å². The number of carbonyl (C=O) groups is 9. The van der Waals surface area contributed by atoms with E-state index in [1.165, 1.54) is 0 Å². The molecule has 0 spiro atoms. The third kappa shape index (κ3) is 16.6. The molecule has 12 heteroatoms. The van der Waals surface area contributed by atoms with Crippen LogP contribution < -0.4 is 0 Å². The van der Waals surface area contributed by atoms with Crippen LogP contribution in [0, 0.1) is 187 Å². The first-order valence-electron chi connectivity index (χ1n) is 37.9. The van der Waals surface area contributed by atoms with Gasteiger partial charge in [0.05, 0.1) is 0 Å². The topological polar surface area (TPSA) is 154 Å². The van der Waals surface area contributed by atoms with Gasteiger partial charge in [0.25, 0.3) is 0 Å². The summed E-state index contributed by atoms with van der Waals surface area (Å²) in [6.07, 6.45) is 0. The van der Waals surface area contributed by atoms with Crippen LogP contribution in [0.4, 0.5) is 0 Å². The average Bonchev–Trinajstić information content (AvgIpc) is 0.743. The van der Waals surface area contributed by atoms with Crippen molar-refractivity contribution in [3.8, 4) is 0 Å². The van der Waals surface area contributed by atoms with Gasteiger partial charge in [0.15, 0.2) is 0 Å². The van der Waals surface area contributed by atoms with Gasteiger partial charge in [-0.3, -0.25) is 0 Å². The van der Waals surface area contributed by atoms with Crippen molar-refractivity contribution in [1.82, 2.24) is 0 Å². The van der Waals surface area contributed by atoms with E-state index in [0.29, 0.717) is 50.1 Å². The molecule has 0 fully saturated rings. The SMILES string of the molecule is C[CH2][Ge]([C](=O)c1c(C)cc(C)cc1C)([C](=O)c1c(C)cc(C)cc1C)[C](=O)c1c(C)cc(C)cc1C.C[CH2][Ge]([C](=O)c1c(C)cc(C)cc1C)([C](=O)c1c(C)cc(C)cc1C)[C](=O)c1c(C)cc(C)cc1C.C[CH2][Ge]([C](=O)c1c(C)cc(C)cc1C)([C](=O)c1c(C)cc(C)cc1C)[C](=O)c1c(C)cc(C)cc1C. The van der Waals surface area contributed by atoms with Crippen molar-refractivity contribution >= 4 is 81.3 Å². The molecule has 0 unspecified atom stereocenters. The summed E-state index contributed by atoms with van der Waals surface area (Å²) in [4.78, 5) is 132. The molecule has 0 aromatic heterocycles. The zero-order chi connectivity index (χ0) is 81.3. The summed E-state index contributed by atoms with van der Waals surface area (Å²) in [5.74, 6) is 0. The fourth-order valence-electron chi connectivity index (χ4n) is 18.1. The van der Waals surface area contributed by atoms with Crippen LogP contribution in [0.1, 0.15) is 264 Å². The Hall–Kier alpha value is -8.36. The molecule has 9 aromatic carbocycles. The summed E-state index contributed by atoms with van der Waals surface area (Å²) < 4.78 is -1.99. The second kappa shape index (κ2) is 34.3. The summed E-state index contributed by atoms with van der Waals surface area (Å²) in [7, 11) is 0. The molecule has 0 aliphatic carbocycles. The Kier molecular flexibility index (Phi) is 27.6. The van der Waals surface area contributed by atoms with Gasteiger partial charge < -0.3 is 0 Å². The number of hydrogen-bond donors (Lipinski definition) is 0. The van der Waals surface area contributed by atoms with Gasteiger partial charge >= 0.3 is 657 Å². The molecule has 108 heavy (non-hydrogen) atoms. The predicted octanol–water partition coefficient (Wildman–Crippen LogP) is 22.5. The fraction of sp³-hybridized carbons (Fsp3) is 0.344. The summed E-state index contributed by atoms with van der Waals surface area (Å²) >= 11 is -14.1. The number of rotatable bonds is 21. The molecule has 0 amide bonds. The Morgan fingerprint density at radius 2 is 0.222 bits per heavy atom. The van der Waals surface area contributed by atoms with Gasteiger partial charge in [0.2, 0.25) is 0 Å². The van der Waals surface area contributed by atoms with Gasteiger partial charge in [0, 0.05) is 0 Å². The van der Waals surface area contributed by atoms with Crippen LogP contribution in [0.3, 0.4) is 0 Å². The average molecular weight is 1630 g/mol. The Morgan fingerprint density at radius 3 is 0.278 bits per heavy atom. The third-order valence-electron chi connectivity index (χ3n) is 22.2. The maximum absolute atomic E-state index is 14.7. The standard InChI is InChI=1S/3C32H38GeO3/c3*1-11-33(30(34)27-21(5)12-18(2)13-22(27)6,31(35)28-23(7)14-19(3)15-24(28)8)32(36)29-25(9)16-20(4)17-26(29)10/h3*12-17H,11H2,1-10H3. The molecule has 9 aromatic rings. The molecular weight excluding hydrogens is 1510 g/mol. The number of aryl methyl sites for hydroxylation is 27. The van der Waals surface area contributed by atoms with Gasteiger partial charge in [-0.2, -0.15) is 0 Å². The second-order valence-corrected chi connectivity index (χ2v) is 56.1. The molecule has 0 heterocycles. The predicted molar refractivity (Wildman–Crippen MR) is 454 cm³/mol. The molecule has 0 aliphatic heterocycles. The number of benzene rings is 9. The van der Waals surface area contributed by atoms with Crippen LogP contribution in [0.5, 0.6) is 0 Å². The van der Waals surface area contributed by atoms with Crippen molar-refractivity contribution in [2.75, 3.05) is 0 Å². The first-order valence-corrected chi connectivity index (χ1v) is 51.8. The summed E-state index contributed by atoms with van der Waals surface area (Å²) in [5, 5.41) is 0.800. The van der Waals surface area contributed by atoms with Gasteiger partial charge in [-0.15, -0.1) is 0 Å². The van der Waals surface area contributed by atoms with Crippen molar-refractivity contribution < 1.29 is 43.2 Å². The van der Waals surface area contributed by atoms with Crippen molar-refractivity contribution in [2.45, 2.75) is 223 Å². The first-order chi connectivity index (χ1) is 50.3. The van der Waals surface area contributed by atoms with E-state index in [1.807, 2.05) is 317 Å². The molecule has 0 N–H and O–H groups in total. The normalized spacial score (nSPS) is 11.5. The molecular formula is C96H114Ge3O9. The maximum atomic E-state index is 14.7. The minimum absolute atomic E-state index is 0.221. The van der Waals surface area contributed by atoms with Crippen LogP contribution >= 0.6 is 0 Å². The minimum atomic E-state index is -4.69. The van der Waals surface area contributed by atoms with Gasteiger partial charge in [-0.25, -0.2) is 0 Å². The van der Waals surface area contributed by atoms with Crippen LogP contribution in [0.2, 0.25) is 15.8 Å². The van der Waals surface area contributed by atoms with E-state index in [1.54, 1.807) is 0 Å². The van der Waals surface area contributed by atoms with E-state index in [-0.39, 0.29) is 57.3 Å². The zero-order valence-electron chi connectivity index (χ0n) is 70.2. The Balaban J connectivity index is 0.000000226. The zero-order valence-corrected chi connectivity index (χ0v) is 76.5. The fourth-order valence-corrected chi connectivity index (χ4v) is 43.6. The Labute approximate surface area is 652 Å². The molecule has 0 saturated carbocycles. The quantitative estimate of drug-likeness (QED) is 0.0640. The molecule has 9 nitrogen and oxygen atoms in total. The van der Waals surface area contributed by atoms with E-state index >= 15 is 0 Å². The Morgan fingerprint density at radius 1 is 0.157 bits per heavy atom. The third-order valence-corrected chi connectivity index (χ3v) is 48.3. The van der Waals surface area contributed by atoms with Crippen molar-refractivity contribution in [2.24, 2.45) is 0 Å². The molecule has 564 valence electrons. The molecule has 0 atom stereocenters. The van der Waals surface area contributed by atoms with Gasteiger partial charge in [0.1, 0.15) is 0 Å². The van der Waals surface area contributed by atoms with Crippen LogP contribution in [-0.2, 0) is 0 Å². The molecule has 0 aliphatic rings. The van der Waals surface area contributed by atoms with E-state index in [2.05, 4.69) is 0 Å². The number of hydrogen-bond acceptors (Lipinski definition) is 9. The van der Waals surface area contributed by atoms with Crippen LogP contribution in [-0.4, -0.2) is 81.3 Å². The molecule has 0 saturated heterocycles. The molecule has 9 rings (SSSR count). The van der Waals surface area contributed by atoms with Gasteiger partial charge in [-0.05, 0) is 0 Å². The van der Waals surface area contributed by atoms with Crippen LogP contribution in [0.25, 0.3) is 0 Å². The van der Waals surface area contributed by atoms with Crippen LogP contribution in [0.15, 0.2) is 109 Å². The van der Waals surface area contributed by atoms with Crippen molar-refractivity contribution in [3.63, 3.8) is 0 Å². The van der Waals surface area contributed by atoms with E-state index in [0.717, 1.165) is 150 Å². The number of carbonyl (C=O) groups excluding carboxylic acids is 9. The summed E-state index contributed by atoms with van der Waals surface area (Å²) in [6, 6.07) is 35.5. The van der Waals surface area contributed by atoms with E-state index < -0.39 is 39.8 Å². The first kappa shape index (κ1) is 86.9. The molecule has 0 bridgehead atoms. The summed E-state index contributed by atoms with van der Waals surface area (Å²) in [5.41, 5.74) is 29.4. The molecule has 0 radical (unpaired) electrons. The van der Waals surface area contributed by atoms with Crippen molar-refractivity contribution in [3.05, 3.63) is 309 Å². The Bertz CT molecular complexity index is 4040. The monoisotopic (exact) mass is 1630 g/mol. The van der Waals surface area contributed by atoms with Crippen molar-refractivity contribution in [1.29, 1.82) is 0 Å². The summed E-state index contributed by atoms with van der Waals surface area (Å²) in [6.45, 7) is 58.0. The van der Waals surface area contributed by atoms with E-state index in [4.69, 9.17) is 0 Å².